The van der Waals surface area contributed by atoms with E-state index in [-0.39, 0.29) is 18.3 Å². The molecule has 0 spiro atoms. The molecule has 1 atom stereocenters. The molecular formula is C27H27N3O4S. The van der Waals surface area contributed by atoms with Crippen LogP contribution in [-0.2, 0) is 14.3 Å². The Bertz CT molecular complexity index is 1300. The fraction of sp³-hybridized carbons (Fsp3) is 0.222. The summed E-state index contributed by atoms with van der Waals surface area (Å²) in [5.41, 5.74) is 2.56. The van der Waals surface area contributed by atoms with Crippen molar-refractivity contribution in [3.05, 3.63) is 83.6 Å². The van der Waals surface area contributed by atoms with Crippen LogP contribution >= 0.6 is 11.8 Å². The number of carbonyl (C=O) groups is 2. The first-order chi connectivity index (χ1) is 17.0. The number of rotatable bonds is 7. The number of aliphatic imine (C=N–C) groups is 1. The number of para-hydroxylation sites is 1. The van der Waals surface area contributed by atoms with E-state index >= 15 is 0 Å². The number of nitrogens with zero attached hydrogens (tertiary/aromatic N) is 1. The Morgan fingerprint density at radius 3 is 2.54 bits per heavy atom. The molecule has 1 aliphatic heterocycles. The first kappa shape index (κ1) is 24.3. The van der Waals surface area contributed by atoms with Gasteiger partial charge in [0, 0.05) is 16.9 Å². The highest BCUT2D eigenvalue weighted by Crippen LogP contribution is 2.41. The molecule has 0 fully saturated rings. The number of anilines is 1. The van der Waals surface area contributed by atoms with E-state index in [2.05, 4.69) is 10.6 Å². The molecule has 0 aromatic heterocycles. The van der Waals surface area contributed by atoms with Crippen LogP contribution in [0, 0.1) is 0 Å². The van der Waals surface area contributed by atoms with Crippen molar-refractivity contribution >= 4 is 45.3 Å². The molecule has 0 saturated heterocycles. The Balaban J connectivity index is 1.69. The van der Waals surface area contributed by atoms with Crippen molar-refractivity contribution in [1.82, 2.24) is 5.32 Å². The van der Waals surface area contributed by atoms with Gasteiger partial charge in [0.15, 0.2) is 5.17 Å². The van der Waals surface area contributed by atoms with E-state index in [0.29, 0.717) is 22.2 Å². The molecule has 0 bridgehead atoms. The van der Waals surface area contributed by atoms with Gasteiger partial charge in [0.2, 0.25) is 5.91 Å². The predicted molar refractivity (Wildman–Crippen MR) is 141 cm³/mol. The zero-order valence-corrected chi connectivity index (χ0v) is 20.6. The molecule has 3 aromatic carbocycles. The maximum atomic E-state index is 13.0. The second-order valence-electron chi connectivity index (χ2n) is 7.83. The molecule has 1 amide bonds. The van der Waals surface area contributed by atoms with Crippen LogP contribution in [0.3, 0.4) is 0 Å². The smallest absolute Gasteiger partial charge is 0.338 e. The third kappa shape index (κ3) is 5.49. The van der Waals surface area contributed by atoms with E-state index in [1.807, 2.05) is 73.7 Å². The van der Waals surface area contributed by atoms with E-state index in [1.54, 1.807) is 14.0 Å². The Hall–Kier alpha value is -3.78. The number of ether oxygens (including phenoxy) is 2. The molecule has 8 heteroatoms. The lowest BCUT2D eigenvalue weighted by Crippen LogP contribution is -2.31. The summed E-state index contributed by atoms with van der Waals surface area (Å²) in [4.78, 5) is 30.4. The first-order valence-electron chi connectivity index (χ1n) is 11.3. The predicted octanol–water partition coefficient (Wildman–Crippen LogP) is 5.06. The van der Waals surface area contributed by atoms with Crippen LogP contribution < -0.4 is 15.4 Å². The molecule has 4 rings (SSSR count). The number of nitrogens with one attached hydrogen (secondary N) is 2. The first-order valence-corrected chi connectivity index (χ1v) is 12.3. The number of esters is 1. The summed E-state index contributed by atoms with van der Waals surface area (Å²) < 4.78 is 11.1. The summed E-state index contributed by atoms with van der Waals surface area (Å²) in [5, 5.41) is 8.54. The van der Waals surface area contributed by atoms with Gasteiger partial charge in [-0.1, -0.05) is 60.3 Å². The summed E-state index contributed by atoms with van der Waals surface area (Å²) in [6.07, 6.45) is 0. The standard InChI is InChI=1S/C27H27N3O4S/c1-4-34-26(32)23-17(2)28-27(35-16-22(31)29-19-11-6-5-7-12-19)30-25(23)24-20-13-9-8-10-18(20)14-15-21(24)33-3/h5-15,25H,4,16H2,1-3H3,(H,28,30)(H,29,31)/t25-/m1/s1. The second-order valence-corrected chi connectivity index (χ2v) is 8.79. The minimum Gasteiger partial charge on any atom is -0.496 e. The fourth-order valence-electron chi connectivity index (χ4n) is 3.99. The van der Waals surface area contributed by atoms with Crippen molar-refractivity contribution in [1.29, 1.82) is 0 Å². The summed E-state index contributed by atoms with van der Waals surface area (Å²) in [7, 11) is 1.60. The molecule has 0 saturated carbocycles. The van der Waals surface area contributed by atoms with Crippen molar-refractivity contribution in [2.45, 2.75) is 19.9 Å². The molecule has 2 N–H and O–H groups in total. The SMILES string of the molecule is CCOC(=O)C1=C(C)NC(SCC(=O)Nc2ccccc2)=N[C@H]1c1c(OC)ccc2ccccc12. The second kappa shape index (κ2) is 11.1. The maximum Gasteiger partial charge on any atom is 0.338 e. The maximum absolute atomic E-state index is 13.0. The number of hydrogen-bond donors (Lipinski definition) is 2. The lowest BCUT2D eigenvalue weighted by atomic mass is 9.91. The molecule has 0 radical (unpaired) electrons. The van der Waals surface area contributed by atoms with Crippen LogP contribution in [0.15, 0.2) is 83.0 Å². The molecular weight excluding hydrogens is 462 g/mol. The number of methoxy groups -OCH3 is 1. The van der Waals surface area contributed by atoms with E-state index < -0.39 is 12.0 Å². The van der Waals surface area contributed by atoms with E-state index in [1.165, 1.54) is 11.8 Å². The largest absolute Gasteiger partial charge is 0.496 e. The van der Waals surface area contributed by atoms with Gasteiger partial charge in [0.1, 0.15) is 11.8 Å². The monoisotopic (exact) mass is 489 g/mol. The molecule has 0 unspecified atom stereocenters. The van der Waals surface area contributed by atoms with Gasteiger partial charge in [0.05, 0.1) is 25.0 Å². The van der Waals surface area contributed by atoms with Crippen LogP contribution in [0.1, 0.15) is 25.5 Å². The number of amidine groups is 1. The Kier molecular flexibility index (Phi) is 7.72. The normalized spacial score (nSPS) is 15.3. The van der Waals surface area contributed by atoms with Gasteiger partial charge in [-0.2, -0.15) is 0 Å². The highest BCUT2D eigenvalue weighted by atomic mass is 32.2. The van der Waals surface area contributed by atoms with Crippen molar-refractivity contribution in [3.63, 3.8) is 0 Å². The van der Waals surface area contributed by atoms with Crippen LogP contribution in [0.2, 0.25) is 0 Å². The summed E-state index contributed by atoms with van der Waals surface area (Å²) in [5.74, 6) is 0.192. The van der Waals surface area contributed by atoms with Crippen molar-refractivity contribution < 1.29 is 19.1 Å². The Labute approximate surface area is 208 Å². The number of allylic oxidation sites excluding steroid dienone is 1. The average molecular weight is 490 g/mol. The molecule has 35 heavy (non-hydrogen) atoms. The number of fused-ring (bicyclic) bond motifs is 1. The van der Waals surface area contributed by atoms with Gasteiger partial charge in [-0.15, -0.1) is 0 Å². The van der Waals surface area contributed by atoms with Gasteiger partial charge in [-0.25, -0.2) is 9.79 Å². The molecule has 180 valence electrons. The molecule has 1 aliphatic rings. The van der Waals surface area contributed by atoms with E-state index in [4.69, 9.17) is 14.5 Å². The number of carbonyl (C=O) groups excluding carboxylic acids is 2. The fourth-order valence-corrected chi connectivity index (χ4v) is 4.74. The summed E-state index contributed by atoms with van der Waals surface area (Å²) >= 11 is 1.27. The number of benzene rings is 3. The van der Waals surface area contributed by atoms with Crippen molar-refractivity contribution in [3.8, 4) is 5.75 Å². The van der Waals surface area contributed by atoms with Gasteiger partial charge in [-0.05, 0) is 42.8 Å². The van der Waals surface area contributed by atoms with Gasteiger partial charge >= 0.3 is 5.97 Å². The van der Waals surface area contributed by atoms with Crippen LogP contribution in [0.25, 0.3) is 10.8 Å². The highest BCUT2D eigenvalue weighted by Gasteiger charge is 2.33. The van der Waals surface area contributed by atoms with Gasteiger partial charge in [0.25, 0.3) is 0 Å². The lowest BCUT2D eigenvalue weighted by Gasteiger charge is -2.27. The van der Waals surface area contributed by atoms with Crippen molar-refractivity contribution in [2.75, 3.05) is 24.8 Å². The Morgan fingerprint density at radius 2 is 1.80 bits per heavy atom. The van der Waals surface area contributed by atoms with Crippen molar-refractivity contribution in [2.24, 2.45) is 4.99 Å². The van der Waals surface area contributed by atoms with E-state index in [0.717, 1.165) is 22.0 Å². The van der Waals surface area contributed by atoms with Crippen LogP contribution in [0.5, 0.6) is 5.75 Å². The topological polar surface area (TPSA) is 89.0 Å². The van der Waals surface area contributed by atoms with E-state index in [9.17, 15) is 9.59 Å². The van der Waals surface area contributed by atoms with Crippen LogP contribution in [-0.4, -0.2) is 36.5 Å². The van der Waals surface area contributed by atoms with Gasteiger partial charge < -0.3 is 20.1 Å². The zero-order chi connectivity index (χ0) is 24.8. The number of hydrogen-bond acceptors (Lipinski definition) is 7. The Morgan fingerprint density at radius 1 is 1.06 bits per heavy atom. The summed E-state index contributed by atoms with van der Waals surface area (Å²) in [6, 6.07) is 20.4. The third-order valence-corrected chi connectivity index (χ3v) is 6.42. The third-order valence-electron chi connectivity index (χ3n) is 5.54. The number of thioether (sulfide) groups is 1. The van der Waals surface area contributed by atoms with Gasteiger partial charge in [-0.3, -0.25) is 4.79 Å². The molecule has 3 aromatic rings. The molecule has 7 nitrogen and oxygen atoms in total. The highest BCUT2D eigenvalue weighted by molar-refractivity contribution is 8.14. The summed E-state index contributed by atoms with van der Waals surface area (Å²) in [6.45, 7) is 3.84. The average Bonchev–Trinajstić information content (AvgIpc) is 2.87. The number of amides is 1. The minimum absolute atomic E-state index is 0.150. The zero-order valence-electron chi connectivity index (χ0n) is 19.8. The minimum atomic E-state index is -0.656. The molecule has 0 aliphatic carbocycles. The molecule has 1 heterocycles. The lowest BCUT2D eigenvalue weighted by molar-refractivity contribution is -0.139. The van der Waals surface area contributed by atoms with Crippen LogP contribution in [0.4, 0.5) is 5.69 Å². The quantitative estimate of drug-likeness (QED) is 0.451.